The van der Waals surface area contributed by atoms with Crippen LogP contribution >= 0.6 is 0 Å². The van der Waals surface area contributed by atoms with E-state index in [4.69, 9.17) is 4.74 Å². The Morgan fingerprint density at radius 3 is 2.72 bits per heavy atom. The molecule has 0 bridgehead atoms. The minimum absolute atomic E-state index is 0.0733. The number of aromatic amines is 1. The average molecular weight is 426 g/mol. The number of H-pyrrole nitrogens is 1. The van der Waals surface area contributed by atoms with Crippen LogP contribution in [-0.4, -0.2) is 34.9 Å². The molecule has 0 aliphatic carbocycles. The van der Waals surface area contributed by atoms with Gasteiger partial charge < -0.3 is 15.0 Å². The van der Waals surface area contributed by atoms with E-state index >= 15 is 0 Å². The van der Waals surface area contributed by atoms with Gasteiger partial charge in [0.15, 0.2) is 6.61 Å². The molecule has 160 valence electrons. The summed E-state index contributed by atoms with van der Waals surface area (Å²) >= 11 is 0. The summed E-state index contributed by atoms with van der Waals surface area (Å²) < 4.78 is 5.43. The topological polar surface area (TPSA) is 87.3 Å². The second-order valence-electron chi connectivity index (χ2n) is 7.69. The molecular formula is C25H22N4O3. The molecule has 2 amide bonds. The molecule has 7 heteroatoms. The van der Waals surface area contributed by atoms with Crippen LogP contribution in [0.25, 0.3) is 11.0 Å². The Labute approximate surface area is 185 Å². The fourth-order valence-corrected chi connectivity index (χ4v) is 3.84. The van der Waals surface area contributed by atoms with E-state index < -0.39 is 0 Å². The van der Waals surface area contributed by atoms with E-state index in [1.54, 1.807) is 12.1 Å². The summed E-state index contributed by atoms with van der Waals surface area (Å²) in [7, 11) is 0. The van der Waals surface area contributed by atoms with E-state index in [2.05, 4.69) is 27.4 Å². The molecule has 1 aromatic heterocycles. The molecule has 32 heavy (non-hydrogen) atoms. The summed E-state index contributed by atoms with van der Waals surface area (Å²) in [4.78, 5) is 34.4. The first-order chi connectivity index (χ1) is 15.7. The number of aromatic nitrogens is 2. The van der Waals surface area contributed by atoms with Crippen LogP contribution in [0.5, 0.6) is 5.75 Å². The maximum atomic E-state index is 12.7. The maximum absolute atomic E-state index is 12.7. The van der Waals surface area contributed by atoms with Crippen molar-refractivity contribution in [1.82, 2.24) is 9.97 Å². The van der Waals surface area contributed by atoms with Gasteiger partial charge in [-0.25, -0.2) is 4.98 Å². The Morgan fingerprint density at radius 2 is 1.84 bits per heavy atom. The highest BCUT2D eigenvalue weighted by molar-refractivity contribution is 6.05. The van der Waals surface area contributed by atoms with E-state index in [0.29, 0.717) is 17.1 Å². The molecule has 0 saturated carbocycles. The highest BCUT2D eigenvalue weighted by Crippen LogP contribution is 2.31. The molecule has 0 atom stereocenters. The molecule has 0 unspecified atom stereocenters. The number of amides is 2. The van der Waals surface area contributed by atoms with E-state index in [-0.39, 0.29) is 25.0 Å². The molecule has 4 aromatic rings. The first-order valence-corrected chi connectivity index (χ1v) is 10.5. The van der Waals surface area contributed by atoms with Gasteiger partial charge in [0.25, 0.3) is 5.91 Å². The quantitative estimate of drug-likeness (QED) is 0.492. The molecular weight excluding hydrogens is 404 g/mol. The van der Waals surface area contributed by atoms with Gasteiger partial charge in [0.2, 0.25) is 5.91 Å². The smallest absolute Gasteiger partial charge is 0.265 e. The number of carbonyl (C=O) groups excluding carboxylic acids is 2. The van der Waals surface area contributed by atoms with Gasteiger partial charge in [-0.05, 0) is 42.3 Å². The zero-order chi connectivity index (χ0) is 21.9. The van der Waals surface area contributed by atoms with E-state index in [1.807, 2.05) is 48.5 Å². The summed E-state index contributed by atoms with van der Waals surface area (Å²) in [5, 5.41) is 2.88. The lowest BCUT2D eigenvalue weighted by atomic mass is 10.1. The van der Waals surface area contributed by atoms with Crippen molar-refractivity contribution in [3.8, 4) is 5.75 Å². The largest absolute Gasteiger partial charge is 0.482 e. The predicted molar refractivity (Wildman–Crippen MR) is 123 cm³/mol. The number of carbonyl (C=O) groups is 2. The van der Waals surface area contributed by atoms with Gasteiger partial charge in [-0.2, -0.15) is 0 Å². The molecule has 0 radical (unpaired) electrons. The third kappa shape index (κ3) is 4.18. The zero-order valence-corrected chi connectivity index (χ0v) is 17.4. The fraction of sp³-hybridized carbons (Fsp3) is 0.160. The number of hydrogen-bond donors (Lipinski definition) is 2. The number of ether oxygens (including phenoxy) is 1. The maximum Gasteiger partial charge on any atom is 0.265 e. The van der Waals surface area contributed by atoms with Crippen molar-refractivity contribution in [2.45, 2.75) is 12.8 Å². The lowest BCUT2D eigenvalue weighted by Gasteiger charge is -2.28. The molecule has 0 saturated heterocycles. The van der Waals surface area contributed by atoms with Crippen LogP contribution in [0.1, 0.15) is 11.4 Å². The van der Waals surface area contributed by atoms with Gasteiger partial charge in [0.05, 0.1) is 16.7 Å². The molecule has 0 fully saturated rings. The molecule has 1 aliphatic heterocycles. The van der Waals surface area contributed by atoms with E-state index in [0.717, 1.165) is 29.7 Å². The number of nitrogens with zero attached hydrogens (tertiary/aromatic N) is 2. The molecule has 5 rings (SSSR count). The second kappa shape index (κ2) is 8.55. The Kier molecular flexibility index (Phi) is 5.29. The summed E-state index contributed by atoms with van der Waals surface area (Å²) in [6.07, 6.45) is 1.71. The molecule has 1 aliphatic rings. The van der Waals surface area contributed by atoms with Crippen molar-refractivity contribution in [2.24, 2.45) is 0 Å². The van der Waals surface area contributed by atoms with Crippen LogP contribution < -0.4 is 15.0 Å². The molecule has 2 N–H and O–H groups in total. The predicted octanol–water partition coefficient (Wildman–Crippen LogP) is 3.71. The minimum Gasteiger partial charge on any atom is -0.482 e. The number of anilines is 2. The Balaban J connectivity index is 1.26. The number of para-hydroxylation sites is 2. The van der Waals surface area contributed by atoms with Crippen LogP contribution in [0.3, 0.4) is 0 Å². The monoisotopic (exact) mass is 426 g/mol. The van der Waals surface area contributed by atoms with Crippen LogP contribution in [0.15, 0.2) is 72.8 Å². The summed E-state index contributed by atoms with van der Waals surface area (Å²) in [6.45, 7) is -0.154. The standard InChI is InChI=1S/C25H22N4O3/c30-24(15-29-21-8-4-5-9-22(21)32-16-25(29)31)26-18-11-12-19-20(14-18)28-23(27-19)13-10-17-6-2-1-3-7-17/h1-9,11-12,14H,10,13,15-16H2,(H,26,30)(H,27,28). The number of hydrogen-bond acceptors (Lipinski definition) is 4. The normalized spacial score (nSPS) is 13.0. The number of fused-ring (bicyclic) bond motifs is 2. The third-order valence-electron chi connectivity index (χ3n) is 5.42. The average Bonchev–Trinajstić information content (AvgIpc) is 3.22. The van der Waals surface area contributed by atoms with Gasteiger partial charge in [0.1, 0.15) is 18.1 Å². The highest BCUT2D eigenvalue weighted by atomic mass is 16.5. The van der Waals surface area contributed by atoms with Crippen molar-refractivity contribution < 1.29 is 14.3 Å². The van der Waals surface area contributed by atoms with E-state index in [1.165, 1.54) is 10.5 Å². The first kappa shape index (κ1) is 19.8. The van der Waals surface area contributed by atoms with Gasteiger partial charge in [-0.3, -0.25) is 14.5 Å². The summed E-state index contributed by atoms with van der Waals surface area (Å²) in [5.41, 5.74) is 4.22. The van der Waals surface area contributed by atoms with Crippen molar-refractivity contribution in [2.75, 3.05) is 23.4 Å². The van der Waals surface area contributed by atoms with Crippen LogP contribution in [0, 0.1) is 0 Å². The first-order valence-electron chi connectivity index (χ1n) is 10.5. The molecule has 2 heterocycles. The van der Waals surface area contributed by atoms with Crippen molar-refractivity contribution in [1.29, 1.82) is 0 Å². The number of benzene rings is 3. The van der Waals surface area contributed by atoms with Gasteiger partial charge in [-0.15, -0.1) is 0 Å². The van der Waals surface area contributed by atoms with Gasteiger partial charge in [0, 0.05) is 12.1 Å². The van der Waals surface area contributed by atoms with Gasteiger partial charge >= 0.3 is 0 Å². The van der Waals surface area contributed by atoms with Crippen LogP contribution in [0.2, 0.25) is 0 Å². The van der Waals surface area contributed by atoms with Crippen molar-refractivity contribution in [3.05, 3.63) is 84.2 Å². The summed E-state index contributed by atoms with van der Waals surface area (Å²) in [5.74, 6) is 0.980. The lowest BCUT2D eigenvalue weighted by Crippen LogP contribution is -2.43. The zero-order valence-electron chi connectivity index (χ0n) is 17.4. The number of imidazole rings is 1. The van der Waals surface area contributed by atoms with Crippen LogP contribution in [0.4, 0.5) is 11.4 Å². The Morgan fingerprint density at radius 1 is 1.03 bits per heavy atom. The lowest BCUT2D eigenvalue weighted by molar-refractivity contribution is -0.123. The Bertz CT molecular complexity index is 1280. The number of rotatable bonds is 6. The summed E-state index contributed by atoms with van der Waals surface area (Å²) in [6, 6.07) is 23.0. The minimum atomic E-state index is -0.279. The molecule has 7 nitrogen and oxygen atoms in total. The van der Waals surface area contributed by atoms with Crippen molar-refractivity contribution >= 4 is 34.2 Å². The van der Waals surface area contributed by atoms with E-state index in [9.17, 15) is 9.59 Å². The van der Waals surface area contributed by atoms with Crippen LogP contribution in [-0.2, 0) is 22.4 Å². The molecule has 3 aromatic carbocycles. The molecule has 0 spiro atoms. The van der Waals surface area contributed by atoms with Crippen molar-refractivity contribution in [3.63, 3.8) is 0 Å². The Hall–Kier alpha value is -4.13. The number of aryl methyl sites for hydroxylation is 2. The van der Waals surface area contributed by atoms with Gasteiger partial charge in [-0.1, -0.05) is 42.5 Å². The second-order valence-corrected chi connectivity index (χ2v) is 7.69. The highest BCUT2D eigenvalue weighted by Gasteiger charge is 2.27. The fourth-order valence-electron chi connectivity index (χ4n) is 3.84. The number of nitrogens with one attached hydrogen (secondary N) is 2. The third-order valence-corrected chi connectivity index (χ3v) is 5.42. The SMILES string of the molecule is O=C(CN1C(=O)COc2ccccc21)Nc1ccc2nc(CCc3ccccc3)[nH]c2c1.